The van der Waals surface area contributed by atoms with E-state index in [0.717, 1.165) is 0 Å². The van der Waals surface area contributed by atoms with Crippen LogP contribution in [-0.2, 0) is 32.5 Å². The minimum absolute atomic E-state index is 0.0116. The topological polar surface area (TPSA) is 6.48 Å². The van der Waals surface area contributed by atoms with Crippen molar-refractivity contribution in [2.75, 3.05) is 9.80 Å². The lowest BCUT2D eigenvalue weighted by Gasteiger charge is -2.45. The first-order chi connectivity index (χ1) is 30.7. The highest BCUT2D eigenvalue weighted by atomic mass is 32.1. The van der Waals surface area contributed by atoms with E-state index in [9.17, 15) is 0 Å². The largest absolute Gasteiger partial charge is 0.311 e. The molecule has 2 nitrogen and oxygen atoms in total. The van der Waals surface area contributed by atoms with E-state index in [-0.39, 0.29) is 39.2 Å². The highest BCUT2D eigenvalue weighted by Gasteiger charge is 2.48. The van der Waals surface area contributed by atoms with Crippen molar-refractivity contribution >= 4 is 78.0 Å². The fraction of sp³-hybridized carbons (Fsp3) is 0.387. The molecule has 10 rings (SSSR count). The molecule has 1 aromatic heterocycles. The molecule has 0 radical (unpaired) electrons. The number of anilines is 6. The number of benzene rings is 6. The molecule has 0 atom stereocenters. The molecular formula is C62H71BN2S. The lowest BCUT2D eigenvalue weighted by molar-refractivity contribution is 0.332. The Bertz CT molecular complexity index is 3060. The first-order valence-corrected chi connectivity index (χ1v) is 25.4. The highest BCUT2D eigenvalue weighted by Crippen LogP contribution is 2.53. The van der Waals surface area contributed by atoms with Crippen LogP contribution in [0.2, 0.25) is 0 Å². The third-order valence-corrected chi connectivity index (χ3v) is 16.7. The van der Waals surface area contributed by atoms with Crippen molar-refractivity contribution in [3.05, 3.63) is 149 Å². The number of rotatable bonds is 3. The van der Waals surface area contributed by atoms with Gasteiger partial charge in [-0.05, 0) is 161 Å². The van der Waals surface area contributed by atoms with Crippen LogP contribution < -0.4 is 26.2 Å². The van der Waals surface area contributed by atoms with Crippen LogP contribution in [0.5, 0.6) is 0 Å². The molecular weight excluding hydrogens is 816 g/mol. The zero-order chi connectivity index (χ0) is 47.3. The predicted molar refractivity (Wildman–Crippen MR) is 291 cm³/mol. The van der Waals surface area contributed by atoms with Crippen LogP contribution in [0, 0.1) is 0 Å². The summed E-state index contributed by atoms with van der Waals surface area (Å²) in [5.41, 5.74) is 21.5. The Hall–Kier alpha value is -5.06. The minimum Gasteiger partial charge on any atom is -0.311 e. The lowest BCUT2D eigenvalue weighted by atomic mass is 9.33. The molecule has 1 aliphatic carbocycles. The maximum atomic E-state index is 2.67. The maximum Gasteiger partial charge on any atom is 0.254 e. The number of fused-ring (bicyclic) bond motifs is 7. The Morgan fingerprint density at radius 1 is 0.470 bits per heavy atom. The van der Waals surface area contributed by atoms with E-state index in [1.54, 1.807) is 0 Å². The SMILES string of the molecule is CC(C)(C)c1ccc(N2c3cc(C(C)(C)C)cc4c3B(c3cc(C(C)(C)C)ccc3N4c3ccc(C(C)(C)C)cc3-c3ccccc3)c3c2sc2cc4c(cc32)C(C)(C)CCC4(C)C)cc1. The van der Waals surface area contributed by atoms with Crippen LogP contribution in [-0.4, -0.2) is 6.71 Å². The van der Waals surface area contributed by atoms with Crippen LogP contribution >= 0.6 is 11.3 Å². The van der Waals surface area contributed by atoms with E-state index >= 15 is 0 Å². The summed E-state index contributed by atoms with van der Waals surface area (Å²) in [4.78, 5) is 5.33. The lowest BCUT2D eigenvalue weighted by Crippen LogP contribution is -2.61. The molecule has 6 aromatic carbocycles. The molecule has 0 saturated carbocycles. The second-order valence-electron chi connectivity index (χ2n) is 25.4. The van der Waals surface area contributed by atoms with Gasteiger partial charge >= 0.3 is 0 Å². The van der Waals surface area contributed by atoms with E-state index < -0.39 is 0 Å². The second kappa shape index (κ2) is 14.7. The monoisotopic (exact) mass is 887 g/mol. The molecule has 2 aliphatic heterocycles. The van der Waals surface area contributed by atoms with E-state index in [4.69, 9.17) is 0 Å². The number of nitrogens with zero attached hydrogens (tertiary/aromatic N) is 2. The van der Waals surface area contributed by atoms with Crippen LogP contribution in [0.3, 0.4) is 0 Å². The molecule has 66 heavy (non-hydrogen) atoms. The van der Waals surface area contributed by atoms with Gasteiger partial charge in [-0.1, -0.05) is 171 Å². The Balaban J connectivity index is 1.37. The number of hydrogen-bond acceptors (Lipinski definition) is 3. The summed E-state index contributed by atoms with van der Waals surface area (Å²) < 4.78 is 1.39. The van der Waals surface area contributed by atoms with Gasteiger partial charge < -0.3 is 9.80 Å². The third-order valence-electron chi connectivity index (χ3n) is 15.6. The molecule has 0 fully saturated rings. The van der Waals surface area contributed by atoms with Gasteiger partial charge in [0.05, 0.1) is 10.7 Å². The van der Waals surface area contributed by atoms with Crippen molar-refractivity contribution in [2.45, 2.75) is 156 Å². The average molecular weight is 887 g/mol. The van der Waals surface area contributed by atoms with Gasteiger partial charge in [0, 0.05) is 33.0 Å². The Morgan fingerprint density at radius 3 is 1.56 bits per heavy atom. The fourth-order valence-corrected chi connectivity index (χ4v) is 12.5. The van der Waals surface area contributed by atoms with E-state index in [1.165, 1.54) is 117 Å². The van der Waals surface area contributed by atoms with Gasteiger partial charge in [0.15, 0.2) is 0 Å². The van der Waals surface area contributed by atoms with Crippen molar-refractivity contribution in [3.63, 3.8) is 0 Å². The standard InChI is InChI=1S/C62H71BN2S/c1-57(2,3)39-22-26-43(27-23-39)64-51-34-42(60(10,11)12)35-52-55(51)63(54-45-36-46-47(37-53(45)66-56(54)64)62(15,16)31-30-61(46,13)14)48-33-41(59(7,8)9)25-29-50(48)65(52)49-28-24-40(58(4,5)6)32-44(49)38-20-18-17-19-21-38/h17-29,32-37H,30-31H2,1-16H3. The first kappa shape index (κ1) is 44.8. The molecule has 0 N–H and O–H groups in total. The molecule has 0 bridgehead atoms. The Morgan fingerprint density at radius 2 is 0.985 bits per heavy atom. The van der Waals surface area contributed by atoms with E-state index in [1.807, 2.05) is 11.3 Å². The average Bonchev–Trinajstić information content (AvgIpc) is 3.61. The van der Waals surface area contributed by atoms with Crippen LogP contribution in [0.1, 0.15) is 157 Å². The van der Waals surface area contributed by atoms with Crippen molar-refractivity contribution in [1.82, 2.24) is 0 Å². The molecule has 0 spiro atoms. The molecule has 0 unspecified atom stereocenters. The van der Waals surface area contributed by atoms with Crippen LogP contribution in [0.25, 0.3) is 21.2 Å². The van der Waals surface area contributed by atoms with E-state index in [2.05, 4.69) is 236 Å². The maximum absolute atomic E-state index is 2.67. The fourth-order valence-electron chi connectivity index (χ4n) is 11.2. The Kier molecular flexibility index (Phi) is 9.98. The van der Waals surface area contributed by atoms with Crippen LogP contribution in [0.4, 0.5) is 33.4 Å². The van der Waals surface area contributed by atoms with Gasteiger partial charge in [0.1, 0.15) is 0 Å². The summed E-state index contributed by atoms with van der Waals surface area (Å²) in [6.07, 6.45) is 2.39. The first-order valence-electron chi connectivity index (χ1n) is 24.6. The summed E-state index contributed by atoms with van der Waals surface area (Å²) in [6, 6.07) is 45.8. The van der Waals surface area contributed by atoms with Crippen molar-refractivity contribution in [1.29, 1.82) is 0 Å². The molecule has 4 heteroatoms. The smallest absolute Gasteiger partial charge is 0.254 e. The number of hydrogen-bond donors (Lipinski definition) is 0. The van der Waals surface area contributed by atoms with Gasteiger partial charge in [-0.3, -0.25) is 0 Å². The summed E-state index contributed by atoms with van der Waals surface area (Å²) >= 11 is 2.01. The molecule has 3 aliphatic rings. The summed E-state index contributed by atoms with van der Waals surface area (Å²) in [7, 11) is 0. The summed E-state index contributed by atoms with van der Waals surface area (Å²) in [5.74, 6) is 0. The quantitative estimate of drug-likeness (QED) is 0.163. The minimum atomic E-state index is -0.111. The summed E-state index contributed by atoms with van der Waals surface area (Å²) in [5, 5.41) is 2.76. The second-order valence-corrected chi connectivity index (χ2v) is 26.5. The summed E-state index contributed by atoms with van der Waals surface area (Å²) in [6.45, 7) is 38.1. The van der Waals surface area contributed by atoms with Crippen LogP contribution in [0.15, 0.2) is 115 Å². The highest BCUT2D eigenvalue weighted by molar-refractivity contribution is 7.26. The normalized spacial score (nSPS) is 16.5. The number of thiophene rings is 1. The van der Waals surface area contributed by atoms with E-state index in [0.29, 0.717) is 0 Å². The zero-order valence-electron chi connectivity index (χ0n) is 42.8. The zero-order valence-corrected chi connectivity index (χ0v) is 43.6. The molecule has 0 amide bonds. The predicted octanol–water partition coefficient (Wildman–Crippen LogP) is 16.2. The van der Waals surface area contributed by atoms with Gasteiger partial charge in [0.25, 0.3) is 6.71 Å². The van der Waals surface area contributed by atoms with Crippen molar-refractivity contribution in [2.24, 2.45) is 0 Å². The van der Waals surface area contributed by atoms with Gasteiger partial charge in [-0.2, -0.15) is 0 Å². The molecule has 0 saturated heterocycles. The van der Waals surface area contributed by atoms with Gasteiger partial charge in [-0.25, -0.2) is 0 Å². The third kappa shape index (κ3) is 7.19. The molecule has 338 valence electrons. The Labute approximate surface area is 401 Å². The van der Waals surface area contributed by atoms with Gasteiger partial charge in [0.2, 0.25) is 0 Å². The van der Waals surface area contributed by atoms with Gasteiger partial charge in [-0.15, -0.1) is 11.3 Å². The molecule has 3 heterocycles. The van der Waals surface area contributed by atoms with Crippen molar-refractivity contribution in [3.8, 4) is 11.1 Å². The van der Waals surface area contributed by atoms with Crippen molar-refractivity contribution < 1.29 is 0 Å². The molecule has 7 aromatic rings.